The summed E-state index contributed by atoms with van der Waals surface area (Å²) in [5.41, 5.74) is 1.84. The van der Waals surface area contributed by atoms with E-state index in [-0.39, 0.29) is 5.91 Å². The van der Waals surface area contributed by atoms with Gasteiger partial charge in [-0.25, -0.2) is 9.97 Å². The normalized spacial score (nSPS) is 15.9. The van der Waals surface area contributed by atoms with Gasteiger partial charge in [0.15, 0.2) is 0 Å². The molecule has 6 heteroatoms. The van der Waals surface area contributed by atoms with Crippen LogP contribution in [0.4, 0.5) is 0 Å². The number of nitrogens with zero attached hydrogens (tertiary/aromatic N) is 4. The molecule has 1 N–H and O–H groups in total. The van der Waals surface area contributed by atoms with Crippen LogP contribution in [0.25, 0.3) is 0 Å². The largest absolute Gasteiger partial charge is 0.352 e. The summed E-state index contributed by atoms with van der Waals surface area (Å²) in [6.45, 7) is 5.82. The summed E-state index contributed by atoms with van der Waals surface area (Å²) in [7, 11) is 0. The number of hydrogen-bond acceptors (Lipinski definition) is 5. The highest BCUT2D eigenvalue weighted by Gasteiger charge is 2.20. The highest BCUT2D eigenvalue weighted by atomic mass is 16.1. The van der Waals surface area contributed by atoms with Crippen LogP contribution in [-0.2, 0) is 13.0 Å². The van der Waals surface area contributed by atoms with Gasteiger partial charge in [0.05, 0.1) is 5.56 Å². The van der Waals surface area contributed by atoms with E-state index in [1.165, 1.54) is 5.56 Å². The van der Waals surface area contributed by atoms with Crippen LogP contribution >= 0.6 is 0 Å². The Bertz CT molecular complexity index is 666. The Balaban J connectivity index is 1.40. The highest BCUT2D eigenvalue weighted by Crippen LogP contribution is 2.18. The number of aryl methyl sites for hydroxylation is 1. The van der Waals surface area contributed by atoms with Gasteiger partial charge in [-0.2, -0.15) is 0 Å². The van der Waals surface area contributed by atoms with Gasteiger partial charge in [0.25, 0.3) is 5.91 Å². The molecule has 0 bridgehead atoms. The Labute approximate surface area is 148 Å². The first kappa shape index (κ1) is 17.5. The van der Waals surface area contributed by atoms with Crippen LogP contribution in [0.15, 0.2) is 36.9 Å². The van der Waals surface area contributed by atoms with Crippen molar-refractivity contribution in [3.8, 4) is 0 Å². The molecule has 0 saturated carbocycles. The summed E-state index contributed by atoms with van der Waals surface area (Å²) < 4.78 is 0. The molecule has 0 spiro atoms. The number of hydrogen-bond donors (Lipinski definition) is 1. The lowest BCUT2D eigenvalue weighted by atomic mass is 9.96. The van der Waals surface area contributed by atoms with Gasteiger partial charge in [-0.05, 0) is 49.5 Å². The zero-order valence-corrected chi connectivity index (χ0v) is 14.7. The minimum absolute atomic E-state index is 0.0816. The van der Waals surface area contributed by atoms with Crippen molar-refractivity contribution in [2.45, 2.75) is 32.7 Å². The SMILES string of the molecule is CCc1ncc(C(=O)NCC2CCN(Cc3ccncc3)CC2)cn1. The Morgan fingerprint density at radius 3 is 2.52 bits per heavy atom. The Morgan fingerprint density at radius 1 is 1.20 bits per heavy atom. The molecule has 2 aromatic heterocycles. The van der Waals surface area contributed by atoms with Crippen molar-refractivity contribution >= 4 is 5.91 Å². The second-order valence-electron chi connectivity index (χ2n) is 6.53. The third-order valence-corrected chi connectivity index (χ3v) is 4.70. The average Bonchev–Trinajstić information content (AvgIpc) is 2.68. The Morgan fingerprint density at radius 2 is 1.88 bits per heavy atom. The summed E-state index contributed by atoms with van der Waals surface area (Å²) in [5.74, 6) is 1.22. The van der Waals surface area contributed by atoms with Crippen molar-refractivity contribution in [1.82, 2.24) is 25.2 Å². The molecule has 3 heterocycles. The van der Waals surface area contributed by atoms with Crippen molar-refractivity contribution in [3.05, 3.63) is 53.9 Å². The van der Waals surface area contributed by atoms with Crippen LogP contribution in [0.3, 0.4) is 0 Å². The average molecular weight is 339 g/mol. The first-order valence-corrected chi connectivity index (χ1v) is 8.95. The summed E-state index contributed by atoms with van der Waals surface area (Å²) in [5, 5.41) is 3.02. The third kappa shape index (κ3) is 5.06. The van der Waals surface area contributed by atoms with Crippen molar-refractivity contribution in [3.63, 3.8) is 0 Å². The van der Waals surface area contributed by atoms with Crippen LogP contribution in [0.2, 0.25) is 0 Å². The van der Waals surface area contributed by atoms with Crippen molar-refractivity contribution < 1.29 is 4.79 Å². The predicted molar refractivity (Wildman–Crippen MR) is 96.0 cm³/mol. The lowest BCUT2D eigenvalue weighted by Gasteiger charge is -2.32. The van der Waals surface area contributed by atoms with Crippen LogP contribution in [0.1, 0.15) is 41.5 Å². The number of carbonyl (C=O) groups excluding carboxylic acids is 1. The van der Waals surface area contributed by atoms with Gasteiger partial charge in [-0.15, -0.1) is 0 Å². The van der Waals surface area contributed by atoms with E-state index >= 15 is 0 Å². The number of nitrogens with one attached hydrogen (secondary N) is 1. The fraction of sp³-hybridized carbons (Fsp3) is 0.474. The van der Waals surface area contributed by atoms with Crippen LogP contribution in [0.5, 0.6) is 0 Å². The lowest BCUT2D eigenvalue weighted by Crippen LogP contribution is -2.38. The van der Waals surface area contributed by atoms with Crippen LogP contribution < -0.4 is 5.32 Å². The topological polar surface area (TPSA) is 71.0 Å². The molecule has 6 nitrogen and oxygen atoms in total. The van der Waals surface area contributed by atoms with E-state index in [0.717, 1.165) is 51.3 Å². The maximum atomic E-state index is 12.2. The molecule has 0 atom stereocenters. The van der Waals surface area contributed by atoms with Gasteiger partial charge in [-0.1, -0.05) is 6.92 Å². The summed E-state index contributed by atoms with van der Waals surface area (Å²) in [4.78, 5) is 27.1. The summed E-state index contributed by atoms with van der Waals surface area (Å²) in [6, 6.07) is 4.14. The molecule has 1 amide bonds. The smallest absolute Gasteiger partial charge is 0.254 e. The van der Waals surface area contributed by atoms with Crippen molar-refractivity contribution in [2.75, 3.05) is 19.6 Å². The molecular formula is C19H25N5O. The minimum atomic E-state index is -0.0816. The predicted octanol–water partition coefficient (Wildman–Crippen LogP) is 2.08. The van der Waals surface area contributed by atoms with E-state index in [1.807, 2.05) is 19.3 Å². The summed E-state index contributed by atoms with van der Waals surface area (Å²) >= 11 is 0. The zero-order chi connectivity index (χ0) is 17.5. The van der Waals surface area contributed by atoms with Gasteiger partial charge in [0, 0.05) is 44.3 Å². The van der Waals surface area contributed by atoms with E-state index in [2.05, 4.69) is 37.3 Å². The van der Waals surface area contributed by atoms with E-state index in [4.69, 9.17) is 0 Å². The number of piperidine rings is 1. The van der Waals surface area contributed by atoms with Gasteiger partial charge >= 0.3 is 0 Å². The van der Waals surface area contributed by atoms with Gasteiger partial charge < -0.3 is 5.32 Å². The highest BCUT2D eigenvalue weighted by molar-refractivity contribution is 5.93. The lowest BCUT2D eigenvalue weighted by molar-refractivity contribution is 0.0934. The maximum Gasteiger partial charge on any atom is 0.254 e. The minimum Gasteiger partial charge on any atom is -0.352 e. The molecule has 1 saturated heterocycles. The number of carbonyl (C=O) groups is 1. The first-order valence-electron chi connectivity index (χ1n) is 8.95. The second-order valence-corrected chi connectivity index (χ2v) is 6.53. The summed E-state index contributed by atoms with van der Waals surface area (Å²) in [6.07, 6.45) is 9.90. The van der Waals surface area contributed by atoms with Crippen molar-refractivity contribution in [1.29, 1.82) is 0 Å². The maximum absolute atomic E-state index is 12.2. The number of pyridine rings is 1. The molecule has 3 rings (SSSR count). The number of amides is 1. The first-order chi connectivity index (χ1) is 12.2. The molecular weight excluding hydrogens is 314 g/mol. The molecule has 0 radical (unpaired) electrons. The van der Waals surface area contributed by atoms with Crippen LogP contribution in [-0.4, -0.2) is 45.4 Å². The Hall–Kier alpha value is -2.34. The number of aromatic nitrogens is 3. The molecule has 1 fully saturated rings. The second kappa shape index (κ2) is 8.67. The molecule has 2 aromatic rings. The molecule has 132 valence electrons. The quantitative estimate of drug-likeness (QED) is 0.872. The monoisotopic (exact) mass is 339 g/mol. The van der Waals surface area contributed by atoms with Crippen LogP contribution in [0, 0.1) is 5.92 Å². The number of rotatable bonds is 6. The third-order valence-electron chi connectivity index (χ3n) is 4.70. The Kier molecular flexibility index (Phi) is 6.06. The van der Waals surface area contributed by atoms with E-state index in [9.17, 15) is 4.79 Å². The molecule has 0 unspecified atom stereocenters. The van der Waals surface area contributed by atoms with E-state index in [1.54, 1.807) is 12.4 Å². The van der Waals surface area contributed by atoms with Crippen molar-refractivity contribution in [2.24, 2.45) is 5.92 Å². The molecule has 1 aliphatic rings. The molecule has 0 aliphatic carbocycles. The fourth-order valence-electron chi connectivity index (χ4n) is 3.09. The van der Waals surface area contributed by atoms with Gasteiger partial charge in [0.2, 0.25) is 0 Å². The molecule has 1 aliphatic heterocycles. The van der Waals surface area contributed by atoms with E-state index in [0.29, 0.717) is 11.5 Å². The molecule has 25 heavy (non-hydrogen) atoms. The molecule has 0 aromatic carbocycles. The van der Waals surface area contributed by atoms with Gasteiger partial charge in [0.1, 0.15) is 5.82 Å². The standard InChI is InChI=1S/C19H25N5O/c1-2-18-21-12-17(13-22-18)19(25)23-11-15-5-9-24(10-6-15)14-16-3-7-20-8-4-16/h3-4,7-8,12-13,15H,2,5-6,9-11,14H2,1H3,(H,23,25). The number of likely N-dealkylation sites (tertiary alicyclic amines) is 1. The van der Waals surface area contributed by atoms with Gasteiger partial charge in [-0.3, -0.25) is 14.7 Å². The zero-order valence-electron chi connectivity index (χ0n) is 14.7. The van der Waals surface area contributed by atoms with E-state index < -0.39 is 0 Å². The fourth-order valence-corrected chi connectivity index (χ4v) is 3.09.